The Labute approximate surface area is 204 Å². The normalized spacial score (nSPS) is 12.5. The summed E-state index contributed by atoms with van der Waals surface area (Å²) in [4.78, 5) is 32.5. The summed E-state index contributed by atoms with van der Waals surface area (Å²) in [6.45, 7) is 1.92. The molecule has 0 spiro atoms. The number of rotatable bonds is 8. The Morgan fingerprint density at radius 3 is 2.24 bits per heavy atom. The molecule has 0 aliphatic carbocycles. The van der Waals surface area contributed by atoms with Gasteiger partial charge in [0.05, 0.1) is 11.8 Å². The molecule has 0 aliphatic heterocycles. The number of hydrogen-bond acceptors (Lipinski definition) is 4. The molecule has 0 aliphatic rings. The lowest BCUT2D eigenvalue weighted by Gasteiger charge is -2.32. The number of thiol groups is 1. The summed E-state index contributed by atoms with van der Waals surface area (Å²) in [7, 11) is 0. The fraction of sp³-hybridized carbons (Fsp3) is 0.148. The topological polar surface area (TPSA) is 67.2 Å². The second-order valence-corrected chi connectivity index (χ2v) is 8.17. The predicted octanol–water partition coefficient (Wildman–Crippen LogP) is 4.75. The van der Waals surface area contributed by atoms with Gasteiger partial charge in [-0.3, -0.25) is 19.5 Å². The predicted molar refractivity (Wildman–Crippen MR) is 137 cm³/mol. The van der Waals surface area contributed by atoms with Crippen LogP contribution in [0.3, 0.4) is 0 Å². The molecule has 6 nitrogen and oxygen atoms in total. The van der Waals surface area contributed by atoms with Crippen LogP contribution >= 0.6 is 12.6 Å². The maximum Gasteiger partial charge on any atom is 0.248 e. The van der Waals surface area contributed by atoms with Crippen molar-refractivity contribution < 1.29 is 9.59 Å². The Morgan fingerprint density at radius 2 is 1.62 bits per heavy atom. The zero-order valence-corrected chi connectivity index (χ0v) is 19.7. The van der Waals surface area contributed by atoms with E-state index in [9.17, 15) is 9.59 Å². The van der Waals surface area contributed by atoms with Gasteiger partial charge < -0.3 is 9.88 Å². The number of aromatic nitrogens is 2. The second kappa shape index (κ2) is 10.9. The highest BCUT2D eigenvalue weighted by Gasteiger charge is 2.33. The number of pyridine rings is 1. The third-order valence-electron chi connectivity index (χ3n) is 5.60. The van der Waals surface area contributed by atoms with Crippen molar-refractivity contribution in [3.63, 3.8) is 0 Å². The average molecular weight is 471 g/mol. The van der Waals surface area contributed by atoms with Crippen LogP contribution in [0.1, 0.15) is 30.1 Å². The van der Waals surface area contributed by atoms with Crippen LogP contribution in [-0.2, 0) is 9.59 Å². The summed E-state index contributed by atoms with van der Waals surface area (Å²) in [5.74, 6) is -0.625. The van der Waals surface area contributed by atoms with E-state index in [1.165, 1.54) is 4.90 Å². The smallest absolute Gasteiger partial charge is 0.248 e. The summed E-state index contributed by atoms with van der Waals surface area (Å²) < 4.78 is 1.97. The van der Waals surface area contributed by atoms with Crippen molar-refractivity contribution in [3.8, 4) is 5.69 Å². The highest BCUT2D eigenvalue weighted by molar-refractivity contribution is 7.81. The number of nitrogens with one attached hydrogen (secondary N) is 1. The second-order valence-electron chi connectivity index (χ2n) is 7.86. The first-order valence-electron chi connectivity index (χ1n) is 11.0. The fourth-order valence-corrected chi connectivity index (χ4v) is 4.03. The lowest BCUT2D eigenvalue weighted by molar-refractivity contribution is -0.126. The molecule has 0 radical (unpaired) electrons. The SMILES string of the molecule is C[C@H](NC(=O)[C@@H](c1cccnc1)N(C(=O)CS)c1ccc(-n2cccc2)cc1)c1ccccc1. The van der Waals surface area contributed by atoms with Crippen molar-refractivity contribution in [2.75, 3.05) is 10.7 Å². The zero-order valence-electron chi connectivity index (χ0n) is 18.8. The van der Waals surface area contributed by atoms with Crippen molar-refractivity contribution in [2.45, 2.75) is 19.0 Å². The maximum absolute atomic E-state index is 13.7. The first-order chi connectivity index (χ1) is 16.6. The van der Waals surface area contributed by atoms with E-state index in [2.05, 4.69) is 22.9 Å². The van der Waals surface area contributed by atoms with Gasteiger partial charge in [0.1, 0.15) is 6.04 Å². The number of carbonyl (C=O) groups excluding carboxylic acids is 2. The molecule has 0 saturated carbocycles. The molecule has 4 aromatic rings. The molecule has 2 aromatic carbocycles. The third kappa shape index (κ3) is 5.21. The van der Waals surface area contributed by atoms with Gasteiger partial charge in [0.2, 0.25) is 11.8 Å². The highest BCUT2D eigenvalue weighted by atomic mass is 32.1. The first kappa shape index (κ1) is 23.3. The average Bonchev–Trinajstić information content (AvgIpc) is 3.43. The van der Waals surface area contributed by atoms with Crippen LogP contribution in [0.4, 0.5) is 5.69 Å². The van der Waals surface area contributed by atoms with E-state index in [1.54, 1.807) is 24.5 Å². The number of hydrogen-bond donors (Lipinski definition) is 2. The summed E-state index contributed by atoms with van der Waals surface area (Å²) in [5, 5.41) is 3.07. The van der Waals surface area contributed by atoms with E-state index in [0.717, 1.165) is 11.3 Å². The lowest BCUT2D eigenvalue weighted by Crippen LogP contribution is -2.45. The van der Waals surface area contributed by atoms with Crippen LogP contribution in [0.5, 0.6) is 0 Å². The zero-order chi connectivity index (χ0) is 23.9. The Balaban J connectivity index is 1.71. The van der Waals surface area contributed by atoms with Crippen molar-refractivity contribution in [1.82, 2.24) is 14.9 Å². The van der Waals surface area contributed by atoms with Gasteiger partial charge in [0.25, 0.3) is 0 Å². The third-order valence-corrected chi connectivity index (χ3v) is 5.87. The summed E-state index contributed by atoms with van der Waals surface area (Å²) in [6.07, 6.45) is 7.15. The van der Waals surface area contributed by atoms with E-state index in [4.69, 9.17) is 0 Å². The molecule has 0 fully saturated rings. The van der Waals surface area contributed by atoms with E-state index < -0.39 is 6.04 Å². The van der Waals surface area contributed by atoms with Crippen molar-refractivity contribution in [2.24, 2.45) is 0 Å². The van der Waals surface area contributed by atoms with Crippen LogP contribution in [0.25, 0.3) is 5.69 Å². The lowest BCUT2D eigenvalue weighted by atomic mass is 10.0. The van der Waals surface area contributed by atoms with Crippen molar-refractivity contribution in [1.29, 1.82) is 0 Å². The quantitative estimate of drug-likeness (QED) is 0.365. The van der Waals surface area contributed by atoms with Crippen LogP contribution in [0.2, 0.25) is 0 Å². The molecular weight excluding hydrogens is 444 g/mol. The van der Waals surface area contributed by atoms with Crippen LogP contribution in [0, 0.1) is 0 Å². The molecule has 1 N–H and O–H groups in total. The molecule has 4 rings (SSSR count). The van der Waals surface area contributed by atoms with Gasteiger partial charge in [0, 0.05) is 41.7 Å². The molecule has 2 atom stereocenters. The van der Waals surface area contributed by atoms with E-state index in [1.807, 2.05) is 90.6 Å². The molecule has 0 unspecified atom stereocenters. The van der Waals surface area contributed by atoms with Gasteiger partial charge in [-0.1, -0.05) is 36.4 Å². The Morgan fingerprint density at radius 1 is 0.941 bits per heavy atom. The van der Waals surface area contributed by atoms with Gasteiger partial charge in [-0.05, 0) is 55.0 Å². The van der Waals surface area contributed by atoms with Crippen LogP contribution in [-0.4, -0.2) is 27.1 Å². The minimum atomic E-state index is -0.906. The molecule has 0 bridgehead atoms. The summed E-state index contributed by atoms with van der Waals surface area (Å²) in [5.41, 5.74) is 3.15. The number of amides is 2. The Kier molecular flexibility index (Phi) is 7.44. The molecule has 0 saturated heterocycles. The molecule has 7 heteroatoms. The molecule has 2 aromatic heterocycles. The molecule has 2 amide bonds. The van der Waals surface area contributed by atoms with Crippen LogP contribution in [0.15, 0.2) is 104 Å². The maximum atomic E-state index is 13.7. The molecule has 2 heterocycles. The van der Waals surface area contributed by atoms with Crippen molar-refractivity contribution in [3.05, 3.63) is 115 Å². The van der Waals surface area contributed by atoms with Gasteiger partial charge in [-0.2, -0.15) is 12.6 Å². The van der Waals surface area contributed by atoms with Gasteiger partial charge >= 0.3 is 0 Å². The van der Waals surface area contributed by atoms with Crippen molar-refractivity contribution >= 4 is 30.1 Å². The Hall–Kier alpha value is -3.84. The largest absolute Gasteiger partial charge is 0.347 e. The van der Waals surface area contributed by atoms with Gasteiger partial charge in [0.15, 0.2) is 0 Å². The Bertz CT molecular complexity index is 1210. The van der Waals surface area contributed by atoms with E-state index in [0.29, 0.717) is 11.3 Å². The fourth-order valence-electron chi connectivity index (χ4n) is 3.88. The summed E-state index contributed by atoms with van der Waals surface area (Å²) in [6, 6.07) is 23.5. The molecular formula is C27H26N4O2S. The molecule has 34 heavy (non-hydrogen) atoms. The van der Waals surface area contributed by atoms with Gasteiger partial charge in [-0.25, -0.2) is 0 Å². The molecule has 172 valence electrons. The highest BCUT2D eigenvalue weighted by Crippen LogP contribution is 2.29. The van der Waals surface area contributed by atoms with E-state index >= 15 is 0 Å². The minimum Gasteiger partial charge on any atom is -0.347 e. The number of carbonyl (C=O) groups is 2. The van der Waals surface area contributed by atoms with E-state index in [-0.39, 0.29) is 23.6 Å². The number of benzene rings is 2. The minimum absolute atomic E-state index is 0.0440. The standard InChI is InChI=1S/C27H26N4O2S/c1-20(21-8-3-2-4-9-21)29-27(33)26(22-10-7-15-28-18-22)31(25(32)19-34)24-13-11-23(12-14-24)30-16-5-6-17-30/h2-18,20,26,34H,19H2,1H3,(H,29,33)/t20-,26+/m0/s1. The van der Waals surface area contributed by atoms with Crippen LogP contribution < -0.4 is 10.2 Å². The summed E-state index contributed by atoms with van der Waals surface area (Å²) >= 11 is 4.23. The number of nitrogens with zero attached hydrogens (tertiary/aromatic N) is 3. The first-order valence-corrected chi connectivity index (χ1v) is 11.6. The van der Waals surface area contributed by atoms with Gasteiger partial charge in [-0.15, -0.1) is 0 Å². The number of anilines is 1. The monoisotopic (exact) mass is 470 g/mol.